The molecule has 0 heterocycles. The van der Waals surface area contributed by atoms with Gasteiger partial charge in [-0.2, -0.15) is 0 Å². The molecule has 14 heavy (non-hydrogen) atoms. The van der Waals surface area contributed by atoms with Gasteiger partial charge < -0.3 is 9.53 Å². The van der Waals surface area contributed by atoms with E-state index in [2.05, 4.69) is 4.74 Å². The number of carbonyl (C=O) groups excluding carboxylic acids is 2. The van der Waals surface area contributed by atoms with Crippen LogP contribution in [0.25, 0.3) is 0 Å². The van der Waals surface area contributed by atoms with Crippen LogP contribution in [0.4, 0.5) is 0 Å². The number of ether oxygens (including phenoxy) is 1. The molecule has 0 fully saturated rings. The van der Waals surface area contributed by atoms with Gasteiger partial charge in [0.1, 0.15) is 12.2 Å². The molecule has 1 unspecified atom stereocenters. The van der Waals surface area contributed by atoms with Gasteiger partial charge in [0, 0.05) is 0 Å². The molecule has 4 heteroatoms. The van der Waals surface area contributed by atoms with Crippen LogP contribution in [0.1, 0.15) is 11.5 Å². The minimum absolute atomic E-state index is 0. The fourth-order valence-corrected chi connectivity index (χ4v) is 1.06. The predicted octanol–water partition coefficient (Wildman–Crippen LogP) is 0.494. The van der Waals surface area contributed by atoms with Gasteiger partial charge in [-0.05, 0) is 5.56 Å². The van der Waals surface area contributed by atoms with Gasteiger partial charge in [0.05, 0.1) is 7.11 Å². The Balaban J connectivity index is 0.00000169. The normalized spacial score (nSPS) is 10.9. The average molecular weight is 202 g/mol. The molecule has 0 saturated heterocycles. The summed E-state index contributed by atoms with van der Waals surface area (Å²) in [6, 6.07) is 8.80. The van der Waals surface area contributed by atoms with Crippen molar-refractivity contribution in [3.05, 3.63) is 35.9 Å². The fourth-order valence-electron chi connectivity index (χ4n) is 1.06. The topological polar surface area (TPSA) is 43.4 Å². The monoisotopic (exact) mass is 202 g/mol. The molecule has 0 radical (unpaired) electrons. The summed E-state index contributed by atoms with van der Waals surface area (Å²) in [7, 11) is 1.27. The van der Waals surface area contributed by atoms with Crippen LogP contribution in [0.3, 0.4) is 0 Å². The van der Waals surface area contributed by atoms with Crippen LogP contribution in [0.15, 0.2) is 30.3 Å². The summed E-state index contributed by atoms with van der Waals surface area (Å²) in [4.78, 5) is 21.7. The Hall–Kier alpha value is -0.640. The summed E-state index contributed by atoms with van der Waals surface area (Å²) < 4.78 is 4.49. The third kappa shape index (κ3) is 3.25. The van der Waals surface area contributed by atoms with Crippen LogP contribution >= 0.6 is 0 Å². The number of benzene rings is 1. The van der Waals surface area contributed by atoms with Gasteiger partial charge in [-0.1, -0.05) is 30.3 Å². The standard InChI is InChI=1S/C10H10O3.Na.H/c1-13-10(12)9(7-11)8-5-3-2-4-6-8;;/h2-7,9H,1H3;;. The molecule has 1 aromatic rings. The Morgan fingerprint density at radius 1 is 1.36 bits per heavy atom. The van der Waals surface area contributed by atoms with E-state index >= 15 is 0 Å². The first-order valence-corrected chi connectivity index (χ1v) is 3.87. The van der Waals surface area contributed by atoms with Crippen LogP contribution in [0.2, 0.25) is 0 Å². The number of aldehydes is 1. The fraction of sp³-hybridized carbons (Fsp3) is 0.200. The molecule has 0 bridgehead atoms. The van der Waals surface area contributed by atoms with Crippen LogP contribution in [0, 0.1) is 0 Å². The van der Waals surface area contributed by atoms with E-state index in [1.165, 1.54) is 7.11 Å². The van der Waals surface area contributed by atoms with Crippen LogP contribution in [-0.4, -0.2) is 48.9 Å². The molecule has 0 aliphatic rings. The third-order valence-corrected chi connectivity index (χ3v) is 1.75. The number of esters is 1. The zero-order valence-corrected chi connectivity index (χ0v) is 7.27. The van der Waals surface area contributed by atoms with Crippen LogP contribution in [-0.2, 0) is 14.3 Å². The Morgan fingerprint density at radius 2 is 1.93 bits per heavy atom. The van der Waals surface area contributed by atoms with Crippen molar-refractivity contribution < 1.29 is 14.3 Å². The molecule has 0 N–H and O–H groups in total. The van der Waals surface area contributed by atoms with Gasteiger partial charge in [-0.3, -0.25) is 4.79 Å². The number of rotatable bonds is 3. The molecule has 0 amide bonds. The first kappa shape index (κ1) is 13.4. The molecule has 0 spiro atoms. The van der Waals surface area contributed by atoms with E-state index in [1.807, 2.05) is 6.07 Å². The molecule has 3 nitrogen and oxygen atoms in total. The molecule has 1 rings (SSSR count). The van der Waals surface area contributed by atoms with Crippen LogP contribution in [0.5, 0.6) is 0 Å². The van der Waals surface area contributed by atoms with E-state index in [4.69, 9.17) is 0 Å². The van der Waals surface area contributed by atoms with E-state index < -0.39 is 11.9 Å². The zero-order chi connectivity index (χ0) is 9.68. The number of hydrogen-bond acceptors (Lipinski definition) is 3. The first-order chi connectivity index (χ1) is 6.29. The van der Waals surface area contributed by atoms with Crippen molar-refractivity contribution in [1.29, 1.82) is 0 Å². The van der Waals surface area contributed by atoms with Gasteiger partial charge in [0.25, 0.3) is 0 Å². The Labute approximate surface area is 105 Å². The van der Waals surface area contributed by atoms with Gasteiger partial charge in [0.2, 0.25) is 0 Å². The molecule has 0 aliphatic heterocycles. The summed E-state index contributed by atoms with van der Waals surface area (Å²) in [6.45, 7) is 0. The second-order valence-electron chi connectivity index (χ2n) is 2.55. The Morgan fingerprint density at radius 3 is 2.36 bits per heavy atom. The SMILES string of the molecule is COC(=O)C(C=O)c1ccccc1.[NaH]. The van der Waals surface area contributed by atoms with E-state index in [1.54, 1.807) is 24.3 Å². The summed E-state index contributed by atoms with van der Waals surface area (Å²) in [6.07, 6.45) is 0.584. The Kier molecular flexibility index (Phi) is 6.45. The molecule has 1 aromatic carbocycles. The van der Waals surface area contributed by atoms with Crippen molar-refractivity contribution in [2.45, 2.75) is 5.92 Å². The van der Waals surface area contributed by atoms with E-state index in [0.717, 1.165) is 0 Å². The van der Waals surface area contributed by atoms with Crippen molar-refractivity contribution in [2.75, 3.05) is 7.11 Å². The van der Waals surface area contributed by atoms with Crippen molar-refractivity contribution >= 4 is 41.8 Å². The quantitative estimate of drug-likeness (QED) is 0.310. The predicted molar refractivity (Wildman–Crippen MR) is 54.4 cm³/mol. The molecular weight excluding hydrogens is 191 g/mol. The molecular formula is C10H11NaO3. The van der Waals surface area contributed by atoms with Crippen molar-refractivity contribution in [3.8, 4) is 0 Å². The van der Waals surface area contributed by atoms with Crippen molar-refractivity contribution in [3.63, 3.8) is 0 Å². The molecule has 0 saturated carbocycles. The van der Waals surface area contributed by atoms with Gasteiger partial charge in [0.15, 0.2) is 0 Å². The number of methoxy groups -OCH3 is 1. The summed E-state index contributed by atoms with van der Waals surface area (Å²) >= 11 is 0. The maximum atomic E-state index is 11.1. The van der Waals surface area contributed by atoms with Gasteiger partial charge in [-0.15, -0.1) is 0 Å². The Bertz CT molecular complexity index is 297. The second kappa shape index (κ2) is 6.76. The van der Waals surface area contributed by atoms with Gasteiger partial charge in [-0.25, -0.2) is 0 Å². The molecule has 0 aliphatic carbocycles. The van der Waals surface area contributed by atoms with E-state index in [0.29, 0.717) is 11.8 Å². The average Bonchev–Trinajstić information content (AvgIpc) is 2.20. The number of hydrogen-bond donors (Lipinski definition) is 0. The van der Waals surface area contributed by atoms with Crippen molar-refractivity contribution in [1.82, 2.24) is 0 Å². The van der Waals surface area contributed by atoms with Crippen molar-refractivity contribution in [2.24, 2.45) is 0 Å². The summed E-state index contributed by atoms with van der Waals surface area (Å²) in [5, 5.41) is 0. The van der Waals surface area contributed by atoms with Crippen LogP contribution < -0.4 is 0 Å². The third-order valence-electron chi connectivity index (χ3n) is 1.75. The summed E-state index contributed by atoms with van der Waals surface area (Å²) in [5.41, 5.74) is 0.657. The molecule has 1 atom stereocenters. The molecule has 0 aromatic heterocycles. The maximum absolute atomic E-state index is 11.1. The van der Waals surface area contributed by atoms with E-state index in [9.17, 15) is 9.59 Å². The second-order valence-corrected chi connectivity index (χ2v) is 2.55. The van der Waals surface area contributed by atoms with Gasteiger partial charge >= 0.3 is 35.5 Å². The molecule has 70 valence electrons. The first-order valence-electron chi connectivity index (χ1n) is 3.87. The van der Waals surface area contributed by atoms with E-state index in [-0.39, 0.29) is 29.6 Å². The number of carbonyl (C=O) groups is 2. The summed E-state index contributed by atoms with van der Waals surface area (Å²) in [5.74, 6) is -1.33. The minimum atomic E-state index is -0.800. The zero-order valence-electron chi connectivity index (χ0n) is 7.27.